The molecule has 0 saturated heterocycles. The van der Waals surface area contributed by atoms with Crippen molar-refractivity contribution in [2.75, 3.05) is 27.3 Å². The highest BCUT2D eigenvalue weighted by atomic mass is 79.9. The van der Waals surface area contributed by atoms with Gasteiger partial charge in [0.15, 0.2) is 0 Å². The van der Waals surface area contributed by atoms with Crippen molar-refractivity contribution in [3.05, 3.63) is 33.3 Å². The van der Waals surface area contributed by atoms with Crippen LogP contribution in [0.4, 0.5) is 0 Å². The Morgan fingerprint density at radius 3 is 2.83 bits per heavy atom. The first-order valence-electron chi connectivity index (χ1n) is 5.29. The van der Waals surface area contributed by atoms with Gasteiger partial charge in [0.1, 0.15) is 0 Å². The molecule has 0 aliphatic rings. The second kappa shape index (κ2) is 7.34. The van der Waals surface area contributed by atoms with Crippen LogP contribution in [0.25, 0.3) is 0 Å². The second-order valence-electron chi connectivity index (χ2n) is 3.84. The zero-order valence-electron chi connectivity index (χ0n) is 10.1. The monoisotopic (exact) mass is 353 g/mol. The van der Waals surface area contributed by atoms with Crippen LogP contribution in [-0.2, 0) is 4.74 Å². The highest BCUT2D eigenvalue weighted by Gasteiger charge is 2.18. The summed E-state index contributed by atoms with van der Waals surface area (Å²) in [5, 5.41) is 0.169. The summed E-state index contributed by atoms with van der Waals surface area (Å²) in [4.78, 5) is 13.7. The van der Waals surface area contributed by atoms with E-state index >= 15 is 0 Å². The number of hydrogen-bond acceptors (Lipinski definition) is 2. The van der Waals surface area contributed by atoms with Gasteiger partial charge in [-0.25, -0.2) is 0 Å². The van der Waals surface area contributed by atoms with Gasteiger partial charge < -0.3 is 9.64 Å². The lowest BCUT2D eigenvalue weighted by molar-refractivity contribution is 0.0782. The number of benzene rings is 1. The first-order valence-corrected chi connectivity index (χ1v) is 6.90. The third-order valence-corrected chi connectivity index (χ3v) is 3.91. The minimum Gasteiger partial charge on any atom is -0.383 e. The Morgan fingerprint density at radius 2 is 2.22 bits per heavy atom. The number of hydrogen-bond donors (Lipinski definition) is 0. The Balaban J connectivity index is 2.77. The van der Waals surface area contributed by atoms with Crippen LogP contribution in [0, 0.1) is 0 Å². The number of carbonyl (C=O) groups is 1. The van der Waals surface area contributed by atoms with Gasteiger partial charge in [0.2, 0.25) is 0 Å². The fourth-order valence-electron chi connectivity index (χ4n) is 1.49. The summed E-state index contributed by atoms with van der Waals surface area (Å²) in [5.74, 6) is -0.164. The van der Waals surface area contributed by atoms with Crippen molar-refractivity contribution in [1.29, 1.82) is 0 Å². The predicted molar refractivity (Wildman–Crippen MR) is 77.6 cm³/mol. The first kappa shape index (κ1) is 15.8. The third kappa shape index (κ3) is 4.12. The van der Waals surface area contributed by atoms with Crippen molar-refractivity contribution in [1.82, 2.24) is 4.90 Å². The molecule has 0 heterocycles. The first-order chi connectivity index (χ1) is 8.47. The van der Waals surface area contributed by atoms with Crippen molar-refractivity contribution in [3.63, 3.8) is 0 Å². The normalized spacial score (nSPS) is 12.3. The second-order valence-corrected chi connectivity index (χ2v) is 5.69. The number of methoxy groups -OCH3 is 1. The quantitative estimate of drug-likeness (QED) is 0.758. The maximum absolute atomic E-state index is 12.2. The van der Waals surface area contributed by atoms with E-state index in [0.29, 0.717) is 28.2 Å². The molecular formula is C12H14BrCl2NO2. The van der Waals surface area contributed by atoms with E-state index < -0.39 is 0 Å². The Hall–Kier alpha value is -0.290. The average Bonchev–Trinajstić information content (AvgIpc) is 2.32. The van der Waals surface area contributed by atoms with Crippen LogP contribution in [-0.4, -0.2) is 43.5 Å². The summed E-state index contributed by atoms with van der Waals surface area (Å²) >= 11 is 15.4. The van der Waals surface area contributed by atoms with Gasteiger partial charge in [0.05, 0.1) is 22.6 Å². The van der Waals surface area contributed by atoms with Crippen molar-refractivity contribution in [2.24, 2.45) is 0 Å². The zero-order chi connectivity index (χ0) is 13.7. The number of nitrogens with zero attached hydrogens (tertiary/aromatic N) is 1. The Kier molecular flexibility index (Phi) is 6.43. The molecule has 1 amide bonds. The average molecular weight is 355 g/mol. The van der Waals surface area contributed by atoms with Gasteiger partial charge >= 0.3 is 0 Å². The van der Waals surface area contributed by atoms with E-state index in [-0.39, 0.29) is 11.3 Å². The lowest BCUT2D eigenvalue weighted by Gasteiger charge is -2.20. The van der Waals surface area contributed by atoms with Gasteiger partial charge in [-0.1, -0.05) is 17.7 Å². The largest absolute Gasteiger partial charge is 0.383 e. The van der Waals surface area contributed by atoms with Crippen molar-refractivity contribution >= 4 is 45.0 Å². The standard InChI is InChI=1S/C12H14BrCl2NO2/c1-16(6-8(14)7-18-2)12(17)9-4-3-5-10(13)11(9)15/h3-5,8H,6-7H2,1-2H3. The van der Waals surface area contributed by atoms with Gasteiger partial charge in [-0.3, -0.25) is 4.79 Å². The molecule has 1 rings (SSSR count). The Labute approximate surface area is 125 Å². The molecule has 0 saturated carbocycles. The number of amides is 1. The lowest BCUT2D eigenvalue weighted by atomic mass is 10.2. The van der Waals surface area contributed by atoms with Gasteiger partial charge in [0, 0.05) is 25.2 Å². The summed E-state index contributed by atoms with van der Waals surface area (Å²) in [7, 11) is 3.26. The number of carbonyl (C=O) groups excluding carboxylic acids is 1. The lowest BCUT2D eigenvalue weighted by Crippen LogP contribution is -2.34. The van der Waals surface area contributed by atoms with Crippen molar-refractivity contribution in [2.45, 2.75) is 5.38 Å². The molecule has 1 unspecified atom stereocenters. The number of halogens is 3. The van der Waals surface area contributed by atoms with Gasteiger partial charge in [0.25, 0.3) is 5.91 Å². The summed E-state index contributed by atoms with van der Waals surface area (Å²) in [5.41, 5.74) is 0.454. The van der Waals surface area contributed by atoms with E-state index in [1.807, 2.05) is 0 Å². The Morgan fingerprint density at radius 1 is 1.56 bits per heavy atom. The highest BCUT2D eigenvalue weighted by Crippen LogP contribution is 2.26. The number of rotatable bonds is 5. The molecule has 0 N–H and O–H groups in total. The minimum absolute atomic E-state index is 0.164. The molecule has 6 heteroatoms. The van der Waals surface area contributed by atoms with Gasteiger partial charge in [-0.05, 0) is 28.1 Å². The molecule has 0 spiro atoms. The van der Waals surface area contributed by atoms with E-state index in [2.05, 4.69) is 15.9 Å². The predicted octanol–water partition coefficient (Wildman–Crippen LogP) is 3.43. The van der Waals surface area contributed by atoms with Crippen LogP contribution >= 0.6 is 39.1 Å². The van der Waals surface area contributed by atoms with E-state index in [4.69, 9.17) is 27.9 Å². The smallest absolute Gasteiger partial charge is 0.255 e. The molecular weight excluding hydrogens is 341 g/mol. The molecule has 0 radical (unpaired) electrons. The molecule has 1 aromatic rings. The van der Waals surface area contributed by atoms with Crippen LogP contribution in [0.3, 0.4) is 0 Å². The number of alkyl halides is 1. The van der Waals surface area contributed by atoms with E-state index in [1.165, 1.54) is 4.90 Å². The fourth-order valence-corrected chi connectivity index (χ4v) is 2.39. The van der Waals surface area contributed by atoms with E-state index in [9.17, 15) is 4.79 Å². The molecule has 1 aromatic carbocycles. The molecule has 18 heavy (non-hydrogen) atoms. The van der Waals surface area contributed by atoms with Crippen molar-refractivity contribution < 1.29 is 9.53 Å². The van der Waals surface area contributed by atoms with Crippen LogP contribution in [0.5, 0.6) is 0 Å². The van der Waals surface area contributed by atoms with Crippen LogP contribution in [0.1, 0.15) is 10.4 Å². The van der Waals surface area contributed by atoms with Crippen LogP contribution in [0.2, 0.25) is 5.02 Å². The molecule has 100 valence electrons. The highest BCUT2D eigenvalue weighted by molar-refractivity contribution is 9.10. The zero-order valence-corrected chi connectivity index (χ0v) is 13.2. The minimum atomic E-state index is -0.241. The van der Waals surface area contributed by atoms with Crippen LogP contribution in [0.15, 0.2) is 22.7 Å². The van der Waals surface area contributed by atoms with Gasteiger partial charge in [-0.2, -0.15) is 0 Å². The Bertz CT molecular complexity index is 429. The molecule has 0 bridgehead atoms. The molecule has 1 atom stereocenters. The van der Waals surface area contributed by atoms with Gasteiger partial charge in [-0.15, -0.1) is 11.6 Å². The summed E-state index contributed by atoms with van der Waals surface area (Å²) < 4.78 is 5.63. The summed E-state index contributed by atoms with van der Waals surface area (Å²) in [6.07, 6.45) is 0. The van der Waals surface area contributed by atoms with Crippen molar-refractivity contribution in [3.8, 4) is 0 Å². The third-order valence-electron chi connectivity index (χ3n) is 2.35. The maximum atomic E-state index is 12.2. The molecule has 0 fully saturated rings. The molecule has 0 aromatic heterocycles. The topological polar surface area (TPSA) is 29.5 Å². The maximum Gasteiger partial charge on any atom is 0.255 e. The molecule has 0 aliphatic carbocycles. The SMILES string of the molecule is COCC(Cl)CN(C)C(=O)c1cccc(Br)c1Cl. The van der Waals surface area contributed by atoms with E-state index in [1.54, 1.807) is 32.4 Å². The summed E-state index contributed by atoms with van der Waals surface area (Å²) in [6.45, 7) is 0.794. The number of ether oxygens (including phenoxy) is 1. The summed E-state index contributed by atoms with van der Waals surface area (Å²) in [6, 6.07) is 5.24. The van der Waals surface area contributed by atoms with E-state index in [0.717, 1.165) is 0 Å². The molecule has 3 nitrogen and oxygen atoms in total. The fraction of sp³-hybridized carbons (Fsp3) is 0.417. The molecule has 0 aliphatic heterocycles. The van der Waals surface area contributed by atoms with Crippen LogP contribution < -0.4 is 0 Å².